The number of nitrogens with zero attached hydrogens (tertiary/aromatic N) is 2. The molecule has 100 valence electrons. The van der Waals surface area contributed by atoms with Crippen molar-refractivity contribution >= 4 is 23.3 Å². The van der Waals surface area contributed by atoms with E-state index in [9.17, 15) is 4.79 Å². The van der Waals surface area contributed by atoms with Crippen LogP contribution in [0.4, 0.5) is 5.82 Å². The van der Waals surface area contributed by atoms with E-state index in [-0.39, 0.29) is 5.91 Å². The highest BCUT2D eigenvalue weighted by molar-refractivity contribution is 6.30. The predicted molar refractivity (Wildman–Crippen MR) is 72.9 cm³/mol. The average Bonchev–Trinajstić information content (AvgIpc) is 2.30. The quantitative estimate of drug-likeness (QED) is 0.612. The van der Waals surface area contributed by atoms with Crippen LogP contribution in [0.25, 0.3) is 0 Å². The van der Waals surface area contributed by atoms with Crippen molar-refractivity contribution in [2.24, 2.45) is 0 Å². The van der Waals surface area contributed by atoms with Crippen molar-refractivity contribution in [2.75, 3.05) is 18.4 Å². The summed E-state index contributed by atoms with van der Waals surface area (Å²) in [5.74, 6) is 1.44. The van der Waals surface area contributed by atoms with Gasteiger partial charge in [0, 0.05) is 32.0 Å². The van der Waals surface area contributed by atoms with E-state index in [1.165, 1.54) is 6.92 Å². The average molecular weight is 271 g/mol. The molecule has 0 saturated carbocycles. The molecule has 0 bridgehead atoms. The first-order chi connectivity index (χ1) is 8.54. The smallest absolute Gasteiger partial charge is 0.216 e. The Bertz CT molecular complexity index is 423. The monoisotopic (exact) mass is 270 g/mol. The molecule has 6 heteroatoms. The third kappa shape index (κ3) is 4.49. The molecule has 0 aliphatic carbocycles. The second kappa shape index (κ2) is 7.16. The van der Waals surface area contributed by atoms with E-state index in [1.807, 2.05) is 6.92 Å². The van der Waals surface area contributed by atoms with E-state index in [0.29, 0.717) is 18.2 Å². The second-order valence-electron chi connectivity index (χ2n) is 4.06. The zero-order valence-corrected chi connectivity index (χ0v) is 11.8. The van der Waals surface area contributed by atoms with Crippen molar-refractivity contribution in [2.45, 2.75) is 33.6 Å². The molecular weight excluding hydrogens is 252 g/mol. The van der Waals surface area contributed by atoms with Gasteiger partial charge in [0.2, 0.25) is 5.91 Å². The van der Waals surface area contributed by atoms with Gasteiger partial charge in [-0.05, 0) is 13.3 Å². The van der Waals surface area contributed by atoms with Crippen LogP contribution in [-0.2, 0) is 11.2 Å². The van der Waals surface area contributed by atoms with E-state index in [0.717, 1.165) is 30.0 Å². The molecule has 18 heavy (non-hydrogen) atoms. The minimum Gasteiger partial charge on any atom is -0.368 e. The number of nitrogens with one attached hydrogen (secondary N) is 2. The van der Waals surface area contributed by atoms with Gasteiger partial charge in [-0.3, -0.25) is 4.79 Å². The molecule has 0 aliphatic rings. The third-order valence-electron chi connectivity index (χ3n) is 2.40. The van der Waals surface area contributed by atoms with E-state index in [2.05, 4.69) is 27.5 Å². The number of carbonyl (C=O) groups is 1. The topological polar surface area (TPSA) is 66.9 Å². The van der Waals surface area contributed by atoms with Crippen LogP contribution in [0.15, 0.2) is 0 Å². The summed E-state index contributed by atoms with van der Waals surface area (Å²) < 4.78 is 0. The molecule has 0 fully saturated rings. The summed E-state index contributed by atoms with van der Waals surface area (Å²) in [6, 6.07) is 0. The highest BCUT2D eigenvalue weighted by Gasteiger charge is 2.08. The highest BCUT2D eigenvalue weighted by atomic mass is 35.5. The van der Waals surface area contributed by atoms with Gasteiger partial charge in [0.1, 0.15) is 16.8 Å². The lowest BCUT2D eigenvalue weighted by atomic mass is 10.3. The van der Waals surface area contributed by atoms with Gasteiger partial charge >= 0.3 is 0 Å². The van der Waals surface area contributed by atoms with E-state index in [4.69, 9.17) is 11.6 Å². The number of aromatic nitrogens is 2. The largest absolute Gasteiger partial charge is 0.368 e. The number of hydrogen-bond acceptors (Lipinski definition) is 4. The summed E-state index contributed by atoms with van der Waals surface area (Å²) in [7, 11) is 0. The molecule has 1 heterocycles. The Labute approximate surface area is 112 Å². The molecule has 0 radical (unpaired) electrons. The van der Waals surface area contributed by atoms with Gasteiger partial charge in [-0.15, -0.1) is 0 Å². The zero-order valence-electron chi connectivity index (χ0n) is 11.0. The number of anilines is 1. The number of aryl methyl sites for hydroxylation is 1. The van der Waals surface area contributed by atoms with Crippen molar-refractivity contribution < 1.29 is 4.79 Å². The maximum Gasteiger partial charge on any atom is 0.216 e. The fraction of sp³-hybridized carbons (Fsp3) is 0.583. The van der Waals surface area contributed by atoms with Gasteiger partial charge in [-0.2, -0.15) is 0 Å². The molecular formula is C12H19ClN4O. The summed E-state index contributed by atoms with van der Waals surface area (Å²) in [5, 5.41) is 6.35. The number of halogens is 1. The van der Waals surface area contributed by atoms with Crippen molar-refractivity contribution in [3.8, 4) is 0 Å². The normalized spacial score (nSPS) is 10.2. The zero-order chi connectivity index (χ0) is 13.5. The second-order valence-corrected chi connectivity index (χ2v) is 4.42. The minimum atomic E-state index is -0.0408. The molecule has 1 amide bonds. The Balaban J connectivity index is 2.65. The Morgan fingerprint density at radius 3 is 2.67 bits per heavy atom. The van der Waals surface area contributed by atoms with E-state index < -0.39 is 0 Å². The summed E-state index contributed by atoms with van der Waals surface area (Å²) >= 11 is 6.06. The molecule has 5 nitrogen and oxygen atoms in total. The minimum absolute atomic E-state index is 0.0408. The molecule has 0 saturated heterocycles. The van der Waals surface area contributed by atoms with Crippen LogP contribution in [0.2, 0.25) is 5.15 Å². The summed E-state index contributed by atoms with van der Waals surface area (Å²) in [6.07, 6.45) is 1.78. The molecule has 0 aromatic carbocycles. The fourth-order valence-electron chi connectivity index (χ4n) is 1.46. The molecule has 2 N–H and O–H groups in total. The number of hydrogen-bond donors (Lipinski definition) is 2. The Kier molecular flexibility index (Phi) is 5.85. The first-order valence-electron chi connectivity index (χ1n) is 6.06. The van der Waals surface area contributed by atoms with Crippen LogP contribution >= 0.6 is 11.6 Å². The van der Waals surface area contributed by atoms with Gasteiger partial charge in [0.05, 0.1) is 0 Å². The van der Waals surface area contributed by atoms with E-state index >= 15 is 0 Å². The fourth-order valence-corrected chi connectivity index (χ4v) is 1.65. The molecule has 1 aromatic heterocycles. The molecule has 0 aliphatic heterocycles. The Morgan fingerprint density at radius 1 is 1.33 bits per heavy atom. The molecule has 0 atom stereocenters. The van der Waals surface area contributed by atoms with Crippen LogP contribution in [0.3, 0.4) is 0 Å². The first-order valence-corrected chi connectivity index (χ1v) is 6.43. The van der Waals surface area contributed by atoms with Crippen LogP contribution in [0.1, 0.15) is 31.7 Å². The Hall–Kier alpha value is -1.36. The van der Waals surface area contributed by atoms with Gasteiger partial charge in [-0.25, -0.2) is 9.97 Å². The van der Waals surface area contributed by atoms with Gasteiger partial charge in [-0.1, -0.05) is 18.5 Å². The summed E-state index contributed by atoms with van der Waals surface area (Å²) in [6.45, 7) is 6.60. The lowest BCUT2D eigenvalue weighted by Crippen LogP contribution is -2.26. The van der Waals surface area contributed by atoms with Crippen molar-refractivity contribution in [1.29, 1.82) is 0 Å². The Morgan fingerprint density at radius 2 is 2.06 bits per heavy atom. The van der Waals surface area contributed by atoms with Crippen LogP contribution < -0.4 is 10.6 Å². The number of rotatable bonds is 6. The SMILES string of the molecule is CCCc1nc(Cl)c(C)c(NCCNC(C)=O)n1. The molecule has 0 spiro atoms. The number of carbonyl (C=O) groups excluding carboxylic acids is 1. The third-order valence-corrected chi connectivity index (χ3v) is 2.77. The summed E-state index contributed by atoms with van der Waals surface area (Å²) in [5.41, 5.74) is 0.833. The number of amides is 1. The maximum absolute atomic E-state index is 10.7. The van der Waals surface area contributed by atoms with Gasteiger partial charge in [0.15, 0.2) is 0 Å². The predicted octanol–water partition coefficient (Wildman–Crippen LogP) is 1.94. The van der Waals surface area contributed by atoms with Gasteiger partial charge < -0.3 is 10.6 Å². The van der Waals surface area contributed by atoms with Crippen molar-refractivity contribution in [3.63, 3.8) is 0 Å². The molecule has 1 aromatic rings. The highest BCUT2D eigenvalue weighted by Crippen LogP contribution is 2.19. The van der Waals surface area contributed by atoms with Crippen LogP contribution in [-0.4, -0.2) is 29.0 Å². The lowest BCUT2D eigenvalue weighted by molar-refractivity contribution is -0.118. The summed E-state index contributed by atoms with van der Waals surface area (Å²) in [4.78, 5) is 19.4. The lowest BCUT2D eigenvalue weighted by Gasteiger charge is -2.11. The van der Waals surface area contributed by atoms with Crippen LogP contribution in [0, 0.1) is 6.92 Å². The standard InChI is InChI=1S/C12H19ClN4O/c1-4-5-10-16-11(13)8(2)12(17-10)15-7-6-14-9(3)18/h4-7H2,1-3H3,(H,14,18)(H,15,16,17). The van der Waals surface area contributed by atoms with Crippen molar-refractivity contribution in [1.82, 2.24) is 15.3 Å². The first kappa shape index (κ1) is 14.7. The molecule has 0 unspecified atom stereocenters. The maximum atomic E-state index is 10.7. The van der Waals surface area contributed by atoms with Gasteiger partial charge in [0.25, 0.3) is 0 Å². The van der Waals surface area contributed by atoms with Crippen molar-refractivity contribution in [3.05, 3.63) is 16.5 Å². The van der Waals surface area contributed by atoms with Crippen LogP contribution in [0.5, 0.6) is 0 Å². The molecule has 1 rings (SSSR count). The van der Waals surface area contributed by atoms with E-state index in [1.54, 1.807) is 0 Å².